The van der Waals surface area contributed by atoms with Gasteiger partial charge in [0.05, 0.1) is 9.50 Å². The molecule has 0 unspecified atom stereocenters. The highest BCUT2D eigenvalue weighted by Gasteiger charge is 2.06. The first-order chi connectivity index (χ1) is 7.15. The van der Waals surface area contributed by atoms with Gasteiger partial charge in [-0.3, -0.25) is 0 Å². The Hall–Kier alpha value is -0.190. The normalized spacial score (nSPS) is 10.9. The molecule has 5 heteroatoms. The molecule has 0 amide bonds. The van der Waals surface area contributed by atoms with E-state index in [2.05, 4.69) is 28.6 Å². The molecule has 1 aromatic carbocycles. The zero-order valence-corrected chi connectivity index (χ0v) is 10.9. The lowest BCUT2D eigenvalue weighted by molar-refractivity contribution is 0.358. The van der Waals surface area contributed by atoms with Crippen LogP contribution in [0.5, 0.6) is 5.75 Å². The lowest BCUT2D eigenvalue weighted by Gasteiger charge is -2.06. The van der Waals surface area contributed by atoms with Crippen molar-refractivity contribution in [3.05, 3.63) is 39.6 Å². The van der Waals surface area contributed by atoms with E-state index in [1.54, 1.807) is 0 Å². The number of benzene rings is 1. The van der Waals surface area contributed by atoms with Crippen LogP contribution in [-0.2, 0) is 0 Å². The van der Waals surface area contributed by atoms with E-state index in [4.69, 9.17) is 16.3 Å². The standard InChI is InChI=1S/C10H9BrClFOS/c11-7-5-8(12)9(13)6-10(7)14-3-1-2-4-15/h1-2,5-6,15H,3-4H2/b2-1+. The van der Waals surface area contributed by atoms with Crippen LogP contribution in [0, 0.1) is 5.82 Å². The van der Waals surface area contributed by atoms with Crippen LogP contribution in [0.4, 0.5) is 4.39 Å². The highest BCUT2D eigenvalue weighted by atomic mass is 79.9. The molecule has 1 nitrogen and oxygen atoms in total. The summed E-state index contributed by atoms with van der Waals surface area (Å²) in [5.41, 5.74) is 0. The molecule has 0 radical (unpaired) electrons. The highest BCUT2D eigenvalue weighted by molar-refractivity contribution is 9.10. The Balaban J connectivity index is 2.69. The fourth-order valence-corrected chi connectivity index (χ4v) is 1.80. The van der Waals surface area contributed by atoms with Crippen molar-refractivity contribution in [2.24, 2.45) is 0 Å². The maximum absolute atomic E-state index is 13.1. The van der Waals surface area contributed by atoms with Crippen molar-refractivity contribution < 1.29 is 9.13 Å². The van der Waals surface area contributed by atoms with Gasteiger partial charge in [0.15, 0.2) is 0 Å². The zero-order chi connectivity index (χ0) is 11.3. The summed E-state index contributed by atoms with van der Waals surface area (Å²) >= 11 is 12.8. The second-order valence-electron chi connectivity index (χ2n) is 2.66. The van der Waals surface area contributed by atoms with Gasteiger partial charge in [-0.25, -0.2) is 4.39 Å². The predicted molar refractivity (Wildman–Crippen MR) is 67.6 cm³/mol. The molecular weight excluding hydrogens is 303 g/mol. The van der Waals surface area contributed by atoms with Crippen LogP contribution < -0.4 is 4.74 Å². The fraction of sp³-hybridized carbons (Fsp3) is 0.200. The molecule has 82 valence electrons. The van der Waals surface area contributed by atoms with Gasteiger partial charge in [-0.1, -0.05) is 23.8 Å². The maximum atomic E-state index is 13.1. The van der Waals surface area contributed by atoms with Crippen molar-refractivity contribution in [3.8, 4) is 5.75 Å². The van der Waals surface area contributed by atoms with Gasteiger partial charge in [0.25, 0.3) is 0 Å². The smallest absolute Gasteiger partial charge is 0.145 e. The van der Waals surface area contributed by atoms with E-state index < -0.39 is 5.82 Å². The van der Waals surface area contributed by atoms with Crippen LogP contribution >= 0.6 is 40.2 Å². The van der Waals surface area contributed by atoms with Crippen LogP contribution in [-0.4, -0.2) is 12.4 Å². The topological polar surface area (TPSA) is 9.23 Å². The Morgan fingerprint density at radius 2 is 2.20 bits per heavy atom. The van der Waals surface area contributed by atoms with Crippen LogP contribution in [0.3, 0.4) is 0 Å². The molecule has 0 bridgehead atoms. The van der Waals surface area contributed by atoms with Crippen molar-refractivity contribution >= 4 is 40.2 Å². The van der Waals surface area contributed by atoms with E-state index in [0.29, 0.717) is 22.6 Å². The van der Waals surface area contributed by atoms with Crippen molar-refractivity contribution in [1.82, 2.24) is 0 Å². The van der Waals surface area contributed by atoms with Gasteiger partial charge in [0, 0.05) is 11.8 Å². The lowest BCUT2D eigenvalue weighted by Crippen LogP contribution is -1.95. The molecule has 0 saturated heterocycles. The van der Waals surface area contributed by atoms with Gasteiger partial charge in [-0.15, -0.1) is 0 Å². The van der Waals surface area contributed by atoms with Crippen molar-refractivity contribution in [3.63, 3.8) is 0 Å². The van der Waals surface area contributed by atoms with E-state index >= 15 is 0 Å². The Morgan fingerprint density at radius 3 is 2.87 bits per heavy atom. The van der Waals surface area contributed by atoms with E-state index in [1.165, 1.54) is 12.1 Å². The van der Waals surface area contributed by atoms with Gasteiger partial charge in [0.1, 0.15) is 18.2 Å². The molecule has 0 saturated carbocycles. The Kier molecular flexibility index (Phi) is 5.50. The number of hydrogen-bond donors (Lipinski definition) is 1. The van der Waals surface area contributed by atoms with Gasteiger partial charge in [0.2, 0.25) is 0 Å². The number of ether oxygens (including phenoxy) is 1. The van der Waals surface area contributed by atoms with Crippen LogP contribution in [0.15, 0.2) is 28.8 Å². The summed E-state index contributed by atoms with van der Waals surface area (Å²) in [6.45, 7) is 0.375. The minimum atomic E-state index is -0.493. The summed E-state index contributed by atoms with van der Waals surface area (Å²) in [4.78, 5) is 0. The lowest BCUT2D eigenvalue weighted by atomic mass is 10.3. The molecule has 0 aliphatic heterocycles. The first kappa shape index (κ1) is 12.9. The average molecular weight is 312 g/mol. The maximum Gasteiger partial charge on any atom is 0.145 e. The zero-order valence-electron chi connectivity index (χ0n) is 7.71. The third-order valence-corrected chi connectivity index (χ3v) is 2.70. The highest BCUT2D eigenvalue weighted by Crippen LogP contribution is 2.30. The summed E-state index contributed by atoms with van der Waals surface area (Å²) < 4.78 is 19.0. The van der Waals surface area contributed by atoms with E-state index in [1.807, 2.05) is 12.2 Å². The molecule has 1 rings (SSSR count). The van der Waals surface area contributed by atoms with Crippen LogP contribution in [0.25, 0.3) is 0 Å². The number of hydrogen-bond acceptors (Lipinski definition) is 2. The van der Waals surface area contributed by atoms with E-state index in [9.17, 15) is 4.39 Å². The third-order valence-electron chi connectivity index (χ3n) is 1.58. The number of halogens is 3. The Morgan fingerprint density at radius 1 is 1.47 bits per heavy atom. The molecule has 0 N–H and O–H groups in total. The quantitative estimate of drug-likeness (QED) is 0.500. The first-order valence-corrected chi connectivity index (χ1v) is 5.98. The number of thiol groups is 1. The molecule has 0 fully saturated rings. The van der Waals surface area contributed by atoms with Crippen molar-refractivity contribution in [2.45, 2.75) is 0 Å². The number of rotatable bonds is 4. The summed E-state index contributed by atoms with van der Waals surface area (Å²) in [5, 5.41) is 0.0696. The molecule has 15 heavy (non-hydrogen) atoms. The summed E-state index contributed by atoms with van der Waals surface area (Å²) in [5.74, 6) is 0.591. The Labute approximate surface area is 107 Å². The second kappa shape index (κ2) is 6.40. The van der Waals surface area contributed by atoms with Crippen molar-refractivity contribution in [1.29, 1.82) is 0 Å². The van der Waals surface area contributed by atoms with Crippen LogP contribution in [0.2, 0.25) is 5.02 Å². The summed E-state index contributed by atoms with van der Waals surface area (Å²) in [6, 6.07) is 2.72. The van der Waals surface area contributed by atoms with E-state index in [-0.39, 0.29) is 5.02 Å². The second-order valence-corrected chi connectivity index (χ2v) is 4.29. The van der Waals surface area contributed by atoms with Gasteiger partial charge in [-0.2, -0.15) is 12.6 Å². The molecule has 0 heterocycles. The summed E-state index contributed by atoms with van der Waals surface area (Å²) in [6.07, 6.45) is 3.66. The minimum absolute atomic E-state index is 0.0696. The van der Waals surface area contributed by atoms with E-state index in [0.717, 1.165) is 0 Å². The Bertz CT molecular complexity index is 371. The van der Waals surface area contributed by atoms with Gasteiger partial charge < -0.3 is 4.74 Å². The fourth-order valence-electron chi connectivity index (χ4n) is 0.895. The molecule has 1 aromatic rings. The van der Waals surface area contributed by atoms with Crippen molar-refractivity contribution in [2.75, 3.05) is 12.4 Å². The molecule has 0 aliphatic carbocycles. The summed E-state index contributed by atoms with van der Waals surface area (Å²) in [7, 11) is 0. The molecule has 0 aromatic heterocycles. The van der Waals surface area contributed by atoms with Gasteiger partial charge >= 0.3 is 0 Å². The predicted octanol–water partition coefficient (Wildman–Crippen LogP) is 4.11. The molecular formula is C10H9BrClFOS. The van der Waals surface area contributed by atoms with Gasteiger partial charge in [-0.05, 0) is 22.0 Å². The molecule has 0 atom stereocenters. The molecule has 0 spiro atoms. The third kappa shape index (κ3) is 4.05. The first-order valence-electron chi connectivity index (χ1n) is 4.18. The SMILES string of the molecule is Fc1cc(OC/C=C/CS)c(Br)cc1Cl. The molecule has 0 aliphatic rings. The average Bonchev–Trinajstić information content (AvgIpc) is 2.20. The minimum Gasteiger partial charge on any atom is -0.488 e. The monoisotopic (exact) mass is 310 g/mol. The largest absolute Gasteiger partial charge is 0.488 e. The van der Waals surface area contributed by atoms with Crippen LogP contribution in [0.1, 0.15) is 0 Å².